The Kier molecular flexibility index (Phi) is 4.76. The molecule has 110 valence electrons. The standard InChI is InChI=1S/C18H21NO2/c1-12-10-13(2)17(16(11-12)21-3)18(20)15-6-4-14(5-7-15)8-9-19/h4-7,10-11H,8-9,19H2,1-3H3. The van der Waals surface area contributed by atoms with Crippen LogP contribution in [0.2, 0.25) is 0 Å². The number of methoxy groups -OCH3 is 1. The van der Waals surface area contributed by atoms with Crippen LogP contribution in [0, 0.1) is 13.8 Å². The molecular formula is C18H21NO2. The monoisotopic (exact) mass is 283 g/mol. The first-order valence-electron chi connectivity index (χ1n) is 7.05. The number of ether oxygens (including phenoxy) is 1. The molecule has 0 spiro atoms. The quantitative estimate of drug-likeness (QED) is 0.858. The smallest absolute Gasteiger partial charge is 0.197 e. The van der Waals surface area contributed by atoms with Gasteiger partial charge in [0, 0.05) is 5.56 Å². The van der Waals surface area contributed by atoms with Crippen molar-refractivity contribution < 1.29 is 9.53 Å². The summed E-state index contributed by atoms with van der Waals surface area (Å²) in [6.07, 6.45) is 0.821. The van der Waals surface area contributed by atoms with Crippen LogP contribution in [-0.4, -0.2) is 19.4 Å². The van der Waals surface area contributed by atoms with Gasteiger partial charge in [-0.3, -0.25) is 4.79 Å². The van der Waals surface area contributed by atoms with E-state index in [2.05, 4.69) is 0 Å². The Balaban J connectivity index is 2.40. The van der Waals surface area contributed by atoms with E-state index < -0.39 is 0 Å². The lowest BCUT2D eigenvalue weighted by Gasteiger charge is -2.12. The zero-order valence-electron chi connectivity index (χ0n) is 12.8. The molecule has 0 fully saturated rings. The summed E-state index contributed by atoms with van der Waals surface area (Å²) in [7, 11) is 1.59. The van der Waals surface area contributed by atoms with Gasteiger partial charge in [-0.1, -0.05) is 30.3 Å². The van der Waals surface area contributed by atoms with Crippen molar-refractivity contribution in [2.24, 2.45) is 5.73 Å². The number of benzene rings is 2. The molecule has 0 heterocycles. The van der Waals surface area contributed by atoms with E-state index in [0.717, 1.165) is 23.1 Å². The minimum Gasteiger partial charge on any atom is -0.496 e. The maximum atomic E-state index is 12.7. The highest BCUT2D eigenvalue weighted by atomic mass is 16.5. The summed E-state index contributed by atoms with van der Waals surface area (Å²) in [5.41, 5.74) is 10.00. The van der Waals surface area contributed by atoms with Gasteiger partial charge in [-0.15, -0.1) is 0 Å². The number of nitrogens with two attached hydrogens (primary N) is 1. The van der Waals surface area contributed by atoms with E-state index in [-0.39, 0.29) is 5.78 Å². The van der Waals surface area contributed by atoms with E-state index >= 15 is 0 Å². The van der Waals surface area contributed by atoms with E-state index in [1.165, 1.54) is 0 Å². The van der Waals surface area contributed by atoms with Gasteiger partial charge < -0.3 is 10.5 Å². The lowest BCUT2D eigenvalue weighted by molar-refractivity contribution is 0.103. The average molecular weight is 283 g/mol. The Bertz CT molecular complexity index is 645. The zero-order chi connectivity index (χ0) is 15.4. The van der Waals surface area contributed by atoms with E-state index in [0.29, 0.717) is 23.4 Å². The molecule has 0 aliphatic heterocycles. The zero-order valence-corrected chi connectivity index (χ0v) is 12.8. The van der Waals surface area contributed by atoms with Crippen molar-refractivity contribution in [2.75, 3.05) is 13.7 Å². The van der Waals surface area contributed by atoms with Crippen LogP contribution in [0.15, 0.2) is 36.4 Å². The molecule has 2 aromatic carbocycles. The molecule has 0 amide bonds. The molecule has 0 unspecified atom stereocenters. The highest BCUT2D eigenvalue weighted by Crippen LogP contribution is 2.27. The number of carbonyl (C=O) groups is 1. The molecule has 0 aromatic heterocycles. The van der Waals surface area contributed by atoms with Crippen molar-refractivity contribution in [2.45, 2.75) is 20.3 Å². The molecule has 0 aliphatic rings. The van der Waals surface area contributed by atoms with Gasteiger partial charge in [0.05, 0.1) is 12.7 Å². The third-order valence-electron chi connectivity index (χ3n) is 3.54. The van der Waals surface area contributed by atoms with Crippen LogP contribution < -0.4 is 10.5 Å². The van der Waals surface area contributed by atoms with E-state index in [9.17, 15) is 4.79 Å². The summed E-state index contributed by atoms with van der Waals surface area (Å²) in [5.74, 6) is 0.618. The summed E-state index contributed by atoms with van der Waals surface area (Å²) in [5, 5.41) is 0. The summed E-state index contributed by atoms with van der Waals surface area (Å²) in [4.78, 5) is 12.7. The van der Waals surface area contributed by atoms with Crippen molar-refractivity contribution in [3.8, 4) is 5.75 Å². The number of ketones is 1. The maximum absolute atomic E-state index is 12.7. The van der Waals surface area contributed by atoms with Gasteiger partial charge in [-0.05, 0) is 49.6 Å². The number of hydrogen-bond acceptors (Lipinski definition) is 3. The van der Waals surface area contributed by atoms with Crippen LogP contribution in [0.5, 0.6) is 5.75 Å². The highest BCUT2D eigenvalue weighted by molar-refractivity contribution is 6.11. The van der Waals surface area contributed by atoms with Crippen LogP contribution in [0.4, 0.5) is 0 Å². The van der Waals surface area contributed by atoms with Crippen molar-refractivity contribution in [3.05, 3.63) is 64.2 Å². The van der Waals surface area contributed by atoms with Crippen molar-refractivity contribution in [1.82, 2.24) is 0 Å². The third-order valence-corrected chi connectivity index (χ3v) is 3.54. The fourth-order valence-electron chi connectivity index (χ4n) is 2.51. The maximum Gasteiger partial charge on any atom is 0.197 e. The second kappa shape index (κ2) is 6.55. The average Bonchev–Trinajstić information content (AvgIpc) is 2.47. The highest BCUT2D eigenvalue weighted by Gasteiger charge is 2.17. The van der Waals surface area contributed by atoms with Gasteiger partial charge in [0.25, 0.3) is 0 Å². The Morgan fingerprint density at radius 1 is 1.14 bits per heavy atom. The Morgan fingerprint density at radius 2 is 1.81 bits per heavy atom. The van der Waals surface area contributed by atoms with Gasteiger partial charge in [-0.2, -0.15) is 0 Å². The molecule has 0 radical (unpaired) electrons. The summed E-state index contributed by atoms with van der Waals surface area (Å²) in [6, 6.07) is 11.5. The Labute approximate surface area is 125 Å². The topological polar surface area (TPSA) is 52.3 Å². The molecule has 3 nitrogen and oxygen atoms in total. The normalized spacial score (nSPS) is 10.5. The number of aryl methyl sites for hydroxylation is 2. The number of carbonyl (C=O) groups excluding carboxylic acids is 1. The van der Waals surface area contributed by atoms with Crippen LogP contribution in [0.1, 0.15) is 32.6 Å². The minimum absolute atomic E-state index is 0.0105. The second-order valence-corrected chi connectivity index (χ2v) is 5.22. The first kappa shape index (κ1) is 15.3. The van der Waals surface area contributed by atoms with E-state index in [4.69, 9.17) is 10.5 Å². The van der Waals surface area contributed by atoms with Gasteiger partial charge in [0.2, 0.25) is 0 Å². The number of hydrogen-bond donors (Lipinski definition) is 1. The van der Waals surface area contributed by atoms with Crippen molar-refractivity contribution in [3.63, 3.8) is 0 Å². The van der Waals surface area contributed by atoms with E-state index in [1.54, 1.807) is 7.11 Å². The molecule has 0 bridgehead atoms. The predicted octanol–water partition coefficient (Wildman–Crippen LogP) is 3.04. The molecule has 0 aliphatic carbocycles. The van der Waals surface area contributed by atoms with Crippen LogP contribution in [-0.2, 0) is 6.42 Å². The van der Waals surface area contributed by atoms with Crippen molar-refractivity contribution >= 4 is 5.78 Å². The van der Waals surface area contributed by atoms with Crippen LogP contribution >= 0.6 is 0 Å². The fraction of sp³-hybridized carbons (Fsp3) is 0.278. The molecule has 2 N–H and O–H groups in total. The molecule has 0 saturated carbocycles. The molecule has 2 aromatic rings. The third kappa shape index (κ3) is 3.31. The molecule has 2 rings (SSSR count). The summed E-state index contributed by atoms with van der Waals surface area (Å²) >= 11 is 0. The second-order valence-electron chi connectivity index (χ2n) is 5.22. The molecular weight excluding hydrogens is 262 g/mol. The van der Waals surface area contributed by atoms with E-state index in [1.807, 2.05) is 50.2 Å². The molecule has 0 atom stereocenters. The minimum atomic E-state index is -0.0105. The van der Waals surface area contributed by atoms with Gasteiger partial charge in [-0.25, -0.2) is 0 Å². The van der Waals surface area contributed by atoms with Crippen molar-refractivity contribution in [1.29, 1.82) is 0 Å². The van der Waals surface area contributed by atoms with Crippen LogP contribution in [0.25, 0.3) is 0 Å². The first-order valence-corrected chi connectivity index (χ1v) is 7.05. The largest absolute Gasteiger partial charge is 0.496 e. The SMILES string of the molecule is COc1cc(C)cc(C)c1C(=O)c1ccc(CCN)cc1. The Hall–Kier alpha value is -2.13. The molecule has 3 heteroatoms. The molecule has 0 saturated heterocycles. The fourth-order valence-corrected chi connectivity index (χ4v) is 2.51. The summed E-state index contributed by atoms with van der Waals surface area (Å²) in [6.45, 7) is 4.54. The first-order chi connectivity index (χ1) is 10.1. The van der Waals surface area contributed by atoms with Gasteiger partial charge in [0.15, 0.2) is 5.78 Å². The Morgan fingerprint density at radius 3 is 2.38 bits per heavy atom. The van der Waals surface area contributed by atoms with Gasteiger partial charge in [0.1, 0.15) is 5.75 Å². The molecule has 21 heavy (non-hydrogen) atoms. The summed E-state index contributed by atoms with van der Waals surface area (Å²) < 4.78 is 5.37. The number of rotatable bonds is 5. The predicted molar refractivity (Wildman–Crippen MR) is 85.1 cm³/mol. The van der Waals surface area contributed by atoms with Gasteiger partial charge >= 0.3 is 0 Å². The lowest BCUT2D eigenvalue weighted by Crippen LogP contribution is -2.08. The lowest BCUT2D eigenvalue weighted by atomic mass is 9.95. The van der Waals surface area contributed by atoms with Crippen LogP contribution in [0.3, 0.4) is 0 Å².